The lowest BCUT2D eigenvalue weighted by molar-refractivity contribution is 0.275. The fourth-order valence-corrected chi connectivity index (χ4v) is 1.24. The standard InChI is InChI=1S/C9H16N2O/c1-3-4-5-9-6-8(7-12)10-11(9)2/h6,12H,3-5,7H2,1-2H3. The van der Waals surface area contributed by atoms with Crippen LogP contribution in [0.15, 0.2) is 6.07 Å². The van der Waals surface area contributed by atoms with Crippen LogP contribution in [0.5, 0.6) is 0 Å². The van der Waals surface area contributed by atoms with Gasteiger partial charge in [0.25, 0.3) is 0 Å². The molecule has 0 amide bonds. The maximum absolute atomic E-state index is 8.82. The van der Waals surface area contributed by atoms with Crippen LogP contribution in [0.25, 0.3) is 0 Å². The lowest BCUT2D eigenvalue weighted by Crippen LogP contribution is -1.97. The molecule has 0 atom stereocenters. The number of hydrogen-bond donors (Lipinski definition) is 1. The van der Waals surface area contributed by atoms with Crippen molar-refractivity contribution in [3.05, 3.63) is 17.5 Å². The van der Waals surface area contributed by atoms with Crippen molar-refractivity contribution in [2.45, 2.75) is 32.8 Å². The predicted octanol–water partition coefficient (Wildman–Crippen LogP) is 1.25. The maximum atomic E-state index is 8.82. The van der Waals surface area contributed by atoms with E-state index in [4.69, 9.17) is 5.11 Å². The minimum atomic E-state index is 0.0416. The predicted molar refractivity (Wildman–Crippen MR) is 47.7 cm³/mol. The number of aromatic nitrogens is 2. The molecule has 3 nitrogen and oxygen atoms in total. The Bertz CT molecular complexity index is 243. The zero-order chi connectivity index (χ0) is 8.97. The average Bonchev–Trinajstić information content (AvgIpc) is 2.43. The van der Waals surface area contributed by atoms with E-state index in [1.807, 2.05) is 17.8 Å². The molecule has 3 heteroatoms. The Morgan fingerprint density at radius 1 is 1.58 bits per heavy atom. The molecule has 1 aromatic rings. The van der Waals surface area contributed by atoms with Crippen LogP contribution in [0.3, 0.4) is 0 Å². The summed E-state index contributed by atoms with van der Waals surface area (Å²) in [6.07, 6.45) is 3.43. The van der Waals surface area contributed by atoms with Crippen LogP contribution in [-0.4, -0.2) is 14.9 Å². The first-order valence-corrected chi connectivity index (χ1v) is 4.40. The Labute approximate surface area is 73.0 Å². The number of aliphatic hydroxyl groups is 1. The van der Waals surface area contributed by atoms with Crippen LogP contribution in [0, 0.1) is 0 Å². The van der Waals surface area contributed by atoms with E-state index in [2.05, 4.69) is 12.0 Å². The van der Waals surface area contributed by atoms with Crippen molar-refractivity contribution in [1.29, 1.82) is 0 Å². The van der Waals surface area contributed by atoms with Crippen LogP contribution in [0.2, 0.25) is 0 Å². The first-order chi connectivity index (χ1) is 5.77. The van der Waals surface area contributed by atoms with Crippen molar-refractivity contribution in [3.8, 4) is 0 Å². The van der Waals surface area contributed by atoms with Gasteiger partial charge in [-0.3, -0.25) is 4.68 Å². The molecular weight excluding hydrogens is 152 g/mol. The molecule has 1 aromatic heterocycles. The molecule has 12 heavy (non-hydrogen) atoms. The average molecular weight is 168 g/mol. The zero-order valence-electron chi connectivity index (χ0n) is 7.75. The summed E-state index contributed by atoms with van der Waals surface area (Å²) < 4.78 is 1.85. The van der Waals surface area contributed by atoms with Gasteiger partial charge in [0.1, 0.15) is 0 Å². The van der Waals surface area contributed by atoms with E-state index >= 15 is 0 Å². The molecule has 0 fully saturated rings. The molecule has 0 aliphatic heterocycles. The molecule has 0 aromatic carbocycles. The van der Waals surface area contributed by atoms with Crippen molar-refractivity contribution >= 4 is 0 Å². The van der Waals surface area contributed by atoms with E-state index in [1.165, 1.54) is 18.5 Å². The van der Waals surface area contributed by atoms with Gasteiger partial charge in [-0.2, -0.15) is 5.10 Å². The van der Waals surface area contributed by atoms with E-state index in [1.54, 1.807) is 0 Å². The number of rotatable bonds is 4. The van der Waals surface area contributed by atoms with Gasteiger partial charge < -0.3 is 5.11 Å². The Kier molecular flexibility index (Phi) is 3.29. The van der Waals surface area contributed by atoms with Crippen molar-refractivity contribution in [2.75, 3.05) is 0 Å². The summed E-state index contributed by atoms with van der Waals surface area (Å²) in [5.74, 6) is 0. The first kappa shape index (κ1) is 9.26. The second kappa shape index (κ2) is 4.26. The zero-order valence-corrected chi connectivity index (χ0v) is 7.75. The van der Waals surface area contributed by atoms with E-state index in [-0.39, 0.29) is 6.61 Å². The monoisotopic (exact) mass is 168 g/mol. The van der Waals surface area contributed by atoms with Gasteiger partial charge in [0.05, 0.1) is 12.3 Å². The highest BCUT2D eigenvalue weighted by Crippen LogP contribution is 2.06. The van der Waals surface area contributed by atoms with E-state index < -0.39 is 0 Å². The van der Waals surface area contributed by atoms with Gasteiger partial charge in [-0.05, 0) is 18.9 Å². The smallest absolute Gasteiger partial charge is 0.0881 e. The Balaban J connectivity index is 2.64. The van der Waals surface area contributed by atoms with Crippen LogP contribution in [-0.2, 0) is 20.1 Å². The normalized spacial score (nSPS) is 10.6. The molecular formula is C9H16N2O. The van der Waals surface area contributed by atoms with Gasteiger partial charge in [0.15, 0.2) is 0 Å². The summed E-state index contributed by atoms with van der Waals surface area (Å²) in [6.45, 7) is 2.21. The molecule has 1 N–H and O–H groups in total. The minimum Gasteiger partial charge on any atom is -0.390 e. The van der Waals surface area contributed by atoms with Gasteiger partial charge in [0, 0.05) is 12.7 Å². The molecule has 0 unspecified atom stereocenters. The fourth-order valence-electron chi connectivity index (χ4n) is 1.24. The first-order valence-electron chi connectivity index (χ1n) is 4.40. The van der Waals surface area contributed by atoms with E-state index in [9.17, 15) is 0 Å². The Hall–Kier alpha value is -0.830. The molecule has 0 aliphatic carbocycles. The number of nitrogens with zero attached hydrogens (tertiary/aromatic N) is 2. The van der Waals surface area contributed by atoms with Crippen molar-refractivity contribution < 1.29 is 5.11 Å². The molecule has 0 radical (unpaired) electrons. The molecule has 1 rings (SSSR count). The molecule has 68 valence electrons. The quantitative estimate of drug-likeness (QED) is 0.735. The van der Waals surface area contributed by atoms with Crippen LogP contribution in [0.4, 0.5) is 0 Å². The second-order valence-corrected chi connectivity index (χ2v) is 3.01. The van der Waals surface area contributed by atoms with Gasteiger partial charge in [-0.15, -0.1) is 0 Å². The van der Waals surface area contributed by atoms with Crippen LogP contribution in [0.1, 0.15) is 31.2 Å². The summed E-state index contributed by atoms with van der Waals surface area (Å²) in [6, 6.07) is 1.97. The summed E-state index contributed by atoms with van der Waals surface area (Å²) in [7, 11) is 1.92. The third-order valence-corrected chi connectivity index (χ3v) is 1.98. The largest absolute Gasteiger partial charge is 0.390 e. The molecule has 0 spiro atoms. The van der Waals surface area contributed by atoms with Crippen molar-refractivity contribution in [2.24, 2.45) is 7.05 Å². The summed E-state index contributed by atoms with van der Waals surface area (Å²) in [4.78, 5) is 0. The maximum Gasteiger partial charge on any atom is 0.0881 e. The molecule has 0 bridgehead atoms. The summed E-state index contributed by atoms with van der Waals surface area (Å²) in [5, 5.41) is 13.0. The highest BCUT2D eigenvalue weighted by atomic mass is 16.3. The minimum absolute atomic E-state index is 0.0416. The SMILES string of the molecule is CCCCc1cc(CO)nn1C. The molecule has 0 saturated heterocycles. The molecule has 1 heterocycles. The lowest BCUT2D eigenvalue weighted by Gasteiger charge is -1.98. The Morgan fingerprint density at radius 3 is 2.83 bits per heavy atom. The lowest BCUT2D eigenvalue weighted by atomic mass is 10.2. The van der Waals surface area contributed by atoms with Gasteiger partial charge >= 0.3 is 0 Å². The summed E-state index contributed by atoms with van der Waals surface area (Å²) >= 11 is 0. The van der Waals surface area contributed by atoms with Crippen LogP contribution < -0.4 is 0 Å². The summed E-state index contributed by atoms with van der Waals surface area (Å²) in [5.41, 5.74) is 1.98. The highest BCUT2D eigenvalue weighted by Gasteiger charge is 2.02. The molecule has 0 aliphatic rings. The van der Waals surface area contributed by atoms with Gasteiger partial charge in [-0.1, -0.05) is 13.3 Å². The van der Waals surface area contributed by atoms with Crippen molar-refractivity contribution in [3.63, 3.8) is 0 Å². The number of aliphatic hydroxyl groups excluding tert-OH is 1. The third kappa shape index (κ3) is 2.08. The Morgan fingerprint density at radius 2 is 2.33 bits per heavy atom. The second-order valence-electron chi connectivity index (χ2n) is 3.01. The highest BCUT2D eigenvalue weighted by molar-refractivity contribution is 5.09. The number of aryl methyl sites for hydroxylation is 2. The van der Waals surface area contributed by atoms with Crippen LogP contribution >= 0.6 is 0 Å². The number of unbranched alkanes of at least 4 members (excludes halogenated alkanes) is 1. The molecule has 0 saturated carbocycles. The van der Waals surface area contributed by atoms with Gasteiger partial charge in [-0.25, -0.2) is 0 Å². The number of hydrogen-bond acceptors (Lipinski definition) is 2. The van der Waals surface area contributed by atoms with Crippen molar-refractivity contribution in [1.82, 2.24) is 9.78 Å². The fraction of sp³-hybridized carbons (Fsp3) is 0.667. The van der Waals surface area contributed by atoms with E-state index in [0.29, 0.717) is 0 Å². The van der Waals surface area contributed by atoms with Gasteiger partial charge in [0.2, 0.25) is 0 Å². The van der Waals surface area contributed by atoms with E-state index in [0.717, 1.165) is 12.1 Å². The third-order valence-electron chi connectivity index (χ3n) is 1.98. The topological polar surface area (TPSA) is 38.1 Å².